The predicted molar refractivity (Wildman–Crippen MR) is 70.6 cm³/mol. The molecule has 0 bridgehead atoms. The van der Waals surface area contributed by atoms with E-state index in [0.717, 1.165) is 6.54 Å². The van der Waals surface area contributed by atoms with Crippen LogP contribution in [0.1, 0.15) is 30.5 Å². The minimum Gasteiger partial charge on any atom is -0.310 e. The van der Waals surface area contributed by atoms with Gasteiger partial charge in [-0.2, -0.15) is 11.8 Å². The Morgan fingerprint density at radius 1 is 1.33 bits per heavy atom. The third-order valence-electron chi connectivity index (χ3n) is 2.63. The molecule has 0 amide bonds. The summed E-state index contributed by atoms with van der Waals surface area (Å²) in [7, 11) is 0. The van der Waals surface area contributed by atoms with E-state index >= 15 is 0 Å². The van der Waals surface area contributed by atoms with Crippen LogP contribution < -0.4 is 5.32 Å². The summed E-state index contributed by atoms with van der Waals surface area (Å²) < 4.78 is 0. The molecule has 0 heterocycles. The summed E-state index contributed by atoms with van der Waals surface area (Å²) in [6.07, 6.45) is 3.38. The van der Waals surface area contributed by atoms with Crippen LogP contribution in [0, 0.1) is 6.92 Å². The minimum absolute atomic E-state index is 0.517. The fourth-order valence-electron chi connectivity index (χ4n) is 1.83. The lowest BCUT2D eigenvalue weighted by atomic mass is 9.99. The number of nitrogens with one attached hydrogen (secondary N) is 1. The van der Waals surface area contributed by atoms with Gasteiger partial charge < -0.3 is 5.32 Å². The van der Waals surface area contributed by atoms with Crippen LogP contribution in [0.15, 0.2) is 24.3 Å². The van der Waals surface area contributed by atoms with Gasteiger partial charge in [0.15, 0.2) is 0 Å². The lowest BCUT2D eigenvalue weighted by Crippen LogP contribution is -2.22. The number of benzene rings is 1. The zero-order valence-electron chi connectivity index (χ0n) is 9.92. The van der Waals surface area contributed by atoms with Crippen LogP contribution in [-0.2, 0) is 0 Å². The summed E-state index contributed by atoms with van der Waals surface area (Å²) in [5, 5.41) is 3.56. The Morgan fingerprint density at radius 2 is 2.07 bits per heavy atom. The van der Waals surface area contributed by atoms with Crippen LogP contribution in [0.25, 0.3) is 0 Å². The number of hydrogen-bond acceptors (Lipinski definition) is 2. The third kappa shape index (κ3) is 3.88. The van der Waals surface area contributed by atoms with Gasteiger partial charge in [0, 0.05) is 6.04 Å². The van der Waals surface area contributed by atoms with Crippen molar-refractivity contribution in [1.82, 2.24) is 5.32 Å². The third-order valence-corrected chi connectivity index (χ3v) is 3.27. The molecule has 0 spiro atoms. The molecule has 0 saturated heterocycles. The molecule has 1 aromatic carbocycles. The smallest absolute Gasteiger partial charge is 0.0330 e. The first kappa shape index (κ1) is 12.6. The molecule has 1 atom stereocenters. The van der Waals surface area contributed by atoms with Crippen molar-refractivity contribution in [2.24, 2.45) is 0 Å². The second kappa shape index (κ2) is 6.91. The van der Waals surface area contributed by atoms with Gasteiger partial charge in [-0.3, -0.25) is 0 Å². The van der Waals surface area contributed by atoms with Gasteiger partial charge in [-0.05, 0) is 43.0 Å². The zero-order valence-corrected chi connectivity index (χ0v) is 10.7. The van der Waals surface area contributed by atoms with Crippen molar-refractivity contribution in [3.8, 4) is 0 Å². The first-order chi connectivity index (χ1) is 7.29. The molecule has 1 N–H and O–H groups in total. The fraction of sp³-hybridized carbons (Fsp3) is 0.538. The number of hydrogen-bond donors (Lipinski definition) is 1. The largest absolute Gasteiger partial charge is 0.310 e. The molecular weight excluding hydrogens is 202 g/mol. The molecular formula is C13H21NS. The monoisotopic (exact) mass is 223 g/mol. The molecule has 0 saturated carbocycles. The highest BCUT2D eigenvalue weighted by Crippen LogP contribution is 2.21. The first-order valence-electron chi connectivity index (χ1n) is 5.57. The maximum Gasteiger partial charge on any atom is 0.0330 e. The Balaban J connectivity index is 2.74. The van der Waals surface area contributed by atoms with Crippen LogP contribution in [-0.4, -0.2) is 18.6 Å². The van der Waals surface area contributed by atoms with E-state index in [4.69, 9.17) is 0 Å². The molecule has 1 rings (SSSR count). The Bertz CT molecular complexity index is 286. The van der Waals surface area contributed by atoms with E-state index in [1.54, 1.807) is 0 Å². The Hall–Kier alpha value is -0.470. The van der Waals surface area contributed by atoms with Crippen molar-refractivity contribution >= 4 is 11.8 Å². The first-order valence-corrected chi connectivity index (χ1v) is 6.96. The van der Waals surface area contributed by atoms with Gasteiger partial charge in [-0.15, -0.1) is 0 Å². The number of aryl methyl sites for hydroxylation is 1. The Kier molecular flexibility index (Phi) is 5.81. The standard InChI is InChI=1S/C13H21NS/c1-4-14-13(9-10-15-3)12-8-6-5-7-11(12)2/h5-8,13-14H,4,9-10H2,1-3H3. The number of rotatable bonds is 6. The summed E-state index contributed by atoms with van der Waals surface area (Å²) in [6, 6.07) is 9.19. The van der Waals surface area contributed by atoms with E-state index < -0.39 is 0 Å². The maximum atomic E-state index is 3.56. The van der Waals surface area contributed by atoms with Gasteiger partial charge in [0.1, 0.15) is 0 Å². The summed E-state index contributed by atoms with van der Waals surface area (Å²) in [5.41, 5.74) is 2.85. The normalized spacial score (nSPS) is 12.7. The molecule has 1 unspecified atom stereocenters. The molecule has 0 aliphatic heterocycles. The van der Waals surface area contributed by atoms with Crippen molar-refractivity contribution in [2.45, 2.75) is 26.3 Å². The molecule has 15 heavy (non-hydrogen) atoms. The summed E-state index contributed by atoms with van der Waals surface area (Å²) in [4.78, 5) is 0. The fourth-order valence-corrected chi connectivity index (χ4v) is 2.30. The zero-order chi connectivity index (χ0) is 11.1. The predicted octanol–water partition coefficient (Wildman–Crippen LogP) is 3.40. The van der Waals surface area contributed by atoms with Gasteiger partial charge in [-0.25, -0.2) is 0 Å². The molecule has 0 aromatic heterocycles. The average molecular weight is 223 g/mol. The second-order valence-electron chi connectivity index (χ2n) is 3.75. The highest BCUT2D eigenvalue weighted by Gasteiger charge is 2.11. The minimum atomic E-state index is 0.517. The van der Waals surface area contributed by atoms with Crippen molar-refractivity contribution in [1.29, 1.82) is 0 Å². The molecule has 1 nitrogen and oxygen atoms in total. The SMILES string of the molecule is CCNC(CCSC)c1ccccc1C. The van der Waals surface area contributed by atoms with Gasteiger partial charge in [0.05, 0.1) is 0 Å². The quantitative estimate of drug-likeness (QED) is 0.793. The molecule has 0 radical (unpaired) electrons. The van der Waals surface area contributed by atoms with Crippen molar-refractivity contribution in [3.05, 3.63) is 35.4 Å². The van der Waals surface area contributed by atoms with E-state index in [9.17, 15) is 0 Å². The van der Waals surface area contributed by atoms with E-state index in [0.29, 0.717) is 6.04 Å². The van der Waals surface area contributed by atoms with Crippen LogP contribution in [0.4, 0.5) is 0 Å². The summed E-state index contributed by atoms with van der Waals surface area (Å²) in [5.74, 6) is 1.21. The maximum absolute atomic E-state index is 3.56. The molecule has 2 heteroatoms. The van der Waals surface area contributed by atoms with Gasteiger partial charge in [-0.1, -0.05) is 31.2 Å². The van der Waals surface area contributed by atoms with Gasteiger partial charge in [0.25, 0.3) is 0 Å². The van der Waals surface area contributed by atoms with Crippen molar-refractivity contribution in [2.75, 3.05) is 18.6 Å². The Morgan fingerprint density at radius 3 is 2.67 bits per heavy atom. The average Bonchev–Trinajstić information content (AvgIpc) is 2.25. The van der Waals surface area contributed by atoms with Crippen LogP contribution in [0.2, 0.25) is 0 Å². The van der Waals surface area contributed by atoms with Gasteiger partial charge >= 0.3 is 0 Å². The van der Waals surface area contributed by atoms with E-state index in [2.05, 4.69) is 49.7 Å². The lowest BCUT2D eigenvalue weighted by molar-refractivity contribution is 0.539. The highest BCUT2D eigenvalue weighted by molar-refractivity contribution is 7.98. The van der Waals surface area contributed by atoms with Crippen molar-refractivity contribution in [3.63, 3.8) is 0 Å². The molecule has 84 valence electrons. The molecule has 1 aromatic rings. The summed E-state index contributed by atoms with van der Waals surface area (Å²) >= 11 is 1.92. The van der Waals surface area contributed by atoms with Crippen molar-refractivity contribution < 1.29 is 0 Å². The van der Waals surface area contributed by atoms with E-state index in [1.165, 1.54) is 23.3 Å². The van der Waals surface area contributed by atoms with Crippen LogP contribution in [0.5, 0.6) is 0 Å². The molecule has 0 aliphatic carbocycles. The van der Waals surface area contributed by atoms with Crippen LogP contribution in [0.3, 0.4) is 0 Å². The number of thioether (sulfide) groups is 1. The van der Waals surface area contributed by atoms with E-state index in [1.807, 2.05) is 11.8 Å². The summed E-state index contributed by atoms with van der Waals surface area (Å²) in [6.45, 7) is 5.40. The van der Waals surface area contributed by atoms with Crippen LogP contribution >= 0.6 is 11.8 Å². The Labute approximate surface area is 97.7 Å². The second-order valence-corrected chi connectivity index (χ2v) is 4.73. The topological polar surface area (TPSA) is 12.0 Å². The molecule has 0 fully saturated rings. The van der Waals surface area contributed by atoms with Gasteiger partial charge in [0.2, 0.25) is 0 Å². The lowest BCUT2D eigenvalue weighted by Gasteiger charge is -2.19. The van der Waals surface area contributed by atoms with E-state index in [-0.39, 0.29) is 0 Å². The highest BCUT2D eigenvalue weighted by atomic mass is 32.2. The molecule has 0 aliphatic rings.